The maximum Gasteiger partial charge on any atom is 0.253 e. The predicted molar refractivity (Wildman–Crippen MR) is 106 cm³/mol. The number of hydrogen-bond acceptors (Lipinski definition) is 2. The fraction of sp³-hybridized carbons (Fsp3) is 0.273. The van der Waals surface area contributed by atoms with Gasteiger partial charge in [-0.25, -0.2) is 0 Å². The molecule has 1 saturated heterocycles. The van der Waals surface area contributed by atoms with E-state index in [1.165, 1.54) is 10.9 Å². The number of carbonyl (C=O) groups is 2. The number of nitrogens with one attached hydrogen (secondary N) is 2. The Balaban J connectivity index is 1.33. The second-order valence-electron chi connectivity index (χ2n) is 6.94. The fourth-order valence-electron chi connectivity index (χ4n) is 3.62. The van der Waals surface area contributed by atoms with Crippen molar-refractivity contribution in [2.75, 3.05) is 19.6 Å². The zero-order valence-electron chi connectivity index (χ0n) is 15.2. The molecule has 3 aromatic rings. The molecule has 27 heavy (non-hydrogen) atoms. The predicted octanol–water partition coefficient (Wildman–Crippen LogP) is 3.38. The summed E-state index contributed by atoms with van der Waals surface area (Å²) in [6, 6.07) is 15.1. The first kappa shape index (κ1) is 17.3. The van der Waals surface area contributed by atoms with Gasteiger partial charge in [0.1, 0.15) is 0 Å². The van der Waals surface area contributed by atoms with Crippen molar-refractivity contribution >= 4 is 22.7 Å². The standard InChI is InChI=1S/C22H23N3O2/c26-21(23-12-11-18-15-24-20-6-2-1-5-19(18)20)16-7-9-17(10-8-16)22(27)25-13-3-4-14-25/h1-2,5-10,15,24H,3-4,11-14H2,(H,23,26). The van der Waals surface area contributed by atoms with Crippen molar-refractivity contribution in [3.8, 4) is 0 Å². The number of nitrogens with zero attached hydrogens (tertiary/aromatic N) is 1. The molecule has 0 saturated carbocycles. The van der Waals surface area contributed by atoms with Gasteiger partial charge < -0.3 is 15.2 Å². The second-order valence-corrected chi connectivity index (χ2v) is 6.94. The Morgan fingerprint density at radius 3 is 2.44 bits per heavy atom. The lowest BCUT2D eigenvalue weighted by Crippen LogP contribution is -2.28. The number of para-hydroxylation sites is 1. The Morgan fingerprint density at radius 2 is 1.67 bits per heavy atom. The van der Waals surface area contributed by atoms with Crippen molar-refractivity contribution in [3.63, 3.8) is 0 Å². The third kappa shape index (κ3) is 3.72. The number of H-pyrrole nitrogens is 1. The highest BCUT2D eigenvalue weighted by molar-refractivity contribution is 5.98. The maximum atomic E-state index is 12.4. The Morgan fingerprint density at radius 1 is 0.963 bits per heavy atom. The van der Waals surface area contributed by atoms with Gasteiger partial charge >= 0.3 is 0 Å². The molecule has 0 bridgehead atoms. The molecule has 5 nitrogen and oxygen atoms in total. The molecule has 0 aliphatic carbocycles. The van der Waals surface area contributed by atoms with E-state index in [1.807, 2.05) is 29.3 Å². The van der Waals surface area contributed by atoms with Crippen molar-refractivity contribution in [2.45, 2.75) is 19.3 Å². The molecule has 4 rings (SSSR count). The fourth-order valence-corrected chi connectivity index (χ4v) is 3.62. The van der Waals surface area contributed by atoms with E-state index >= 15 is 0 Å². The molecular formula is C22H23N3O2. The number of rotatable bonds is 5. The van der Waals surface area contributed by atoms with Crippen LogP contribution in [0, 0.1) is 0 Å². The van der Waals surface area contributed by atoms with E-state index in [4.69, 9.17) is 0 Å². The van der Waals surface area contributed by atoms with Gasteiger partial charge in [0, 0.05) is 47.9 Å². The summed E-state index contributed by atoms with van der Waals surface area (Å²) in [6.07, 6.45) is 4.90. The molecule has 2 amide bonds. The number of aromatic nitrogens is 1. The Labute approximate surface area is 158 Å². The highest BCUT2D eigenvalue weighted by Crippen LogP contribution is 2.18. The minimum absolute atomic E-state index is 0.0544. The Bertz CT molecular complexity index is 953. The first-order valence-corrected chi connectivity index (χ1v) is 9.45. The minimum Gasteiger partial charge on any atom is -0.361 e. The van der Waals surface area contributed by atoms with Gasteiger partial charge in [0.25, 0.3) is 11.8 Å². The third-order valence-electron chi connectivity index (χ3n) is 5.14. The summed E-state index contributed by atoms with van der Waals surface area (Å²) in [7, 11) is 0. The number of amides is 2. The van der Waals surface area contributed by atoms with Gasteiger partial charge in [-0.15, -0.1) is 0 Å². The van der Waals surface area contributed by atoms with Gasteiger partial charge in [-0.1, -0.05) is 18.2 Å². The van der Waals surface area contributed by atoms with E-state index in [0.29, 0.717) is 17.7 Å². The lowest BCUT2D eigenvalue weighted by Gasteiger charge is -2.15. The molecule has 1 aliphatic heterocycles. The van der Waals surface area contributed by atoms with Crippen LogP contribution in [0.5, 0.6) is 0 Å². The summed E-state index contributed by atoms with van der Waals surface area (Å²) in [5, 5.41) is 4.15. The van der Waals surface area contributed by atoms with Crippen LogP contribution in [0.15, 0.2) is 54.7 Å². The molecule has 0 spiro atoms. The molecule has 2 aromatic carbocycles. The second kappa shape index (κ2) is 7.66. The van der Waals surface area contributed by atoms with Gasteiger partial charge in [-0.05, 0) is 55.2 Å². The van der Waals surface area contributed by atoms with Crippen molar-refractivity contribution in [1.29, 1.82) is 0 Å². The highest BCUT2D eigenvalue weighted by atomic mass is 16.2. The molecule has 0 radical (unpaired) electrons. The third-order valence-corrected chi connectivity index (χ3v) is 5.14. The molecule has 1 aromatic heterocycles. The van der Waals surface area contributed by atoms with Crippen LogP contribution in [0.3, 0.4) is 0 Å². The minimum atomic E-state index is -0.116. The van der Waals surface area contributed by atoms with E-state index in [9.17, 15) is 9.59 Å². The first-order chi connectivity index (χ1) is 13.2. The summed E-state index contributed by atoms with van der Waals surface area (Å²) in [5.41, 5.74) is 3.52. The van der Waals surface area contributed by atoms with Crippen LogP contribution in [0.1, 0.15) is 39.1 Å². The Kier molecular flexibility index (Phi) is 4.92. The zero-order valence-corrected chi connectivity index (χ0v) is 15.2. The van der Waals surface area contributed by atoms with E-state index in [2.05, 4.69) is 16.4 Å². The first-order valence-electron chi connectivity index (χ1n) is 9.45. The van der Waals surface area contributed by atoms with E-state index in [0.717, 1.165) is 37.9 Å². The van der Waals surface area contributed by atoms with Gasteiger partial charge in [-0.3, -0.25) is 9.59 Å². The number of fused-ring (bicyclic) bond motifs is 1. The van der Waals surface area contributed by atoms with Crippen LogP contribution in [-0.4, -0.2) is 41.3 Å². The van der Waals surface area contributed by atoms with Gasteiger partial charge in [0.05, 0.1) is 0 Å². The van der Waals surface area contributed by atoms with Crippen LogP contribution in [0.2, 0.25) is 0 Å². The van der Waals surface area contributed by atoms with Gasteiger partial charge in [0.2, 0.25) is 0 Å². The van der Waals surface area contributed by atoms with E-state index < -0.39 is 0 Å². The zero-order chi connectivity index (χ0) is 18.6. The number of likely N-dealkylation sites (tertiary alicyclic amines) is 1. The molecule has 0 unspecified atom stereocenters. The SMILES string of the molecule is O=C(NCCc1c[nH]c2ccccc12)c1ccc(C(=O)N2CCCC2)cc1. The summed E-state index contributed by atoms with van der Waals surface area (Å²) in [6.45, 7) is 2.22. The monoisotopic (exact) mass is 361 g/mol. The van der Waals surface area contributed by atoms with Crippen molar-refractivity contribution in [2.24, 2.45) is 0 Å². The number of hydrogen-bond donors (Lipinski definition) is 2. The summed E-state index contributed by atoms with van der Waals surface area (Å²) >= 11 is 0. The summed E-state index contributed by atoms with van der Waals surface area (Å²) in [5.74, 6) is -0.0613. The van der Waals surface area contributed by atoms with Gasteiger partial charge in [0.15, 0.2) is 0 Å². The quantitative estimate of drug-likeness (QED) is 0.732. The average molecular weight is 361 g/mol. The molecule has 1 aliphatic rings. The molecular weight excluding hydrogens is 338 g/mol. The number of aromatic amines is 1. The Hall–Kier alpha value is -3.08. The van der Waals surface area contributed by atoms with Crippen LogP contribution in [0.25, 0.3) is 10.9 Å². The van der Waals surface area contributed by atoms with E-state index in [-0.39, 0.29) is 11.8 Å². The largest absolute Gasteiger partial charge is 0.361 e. The maximum absolute atomic E-state index is 12.4. The lowest BCUT2D eigenvalue weighted by atomic mass is 10.1. The molecule has 0 atom stereocenters. The molecule has 2 heterocycles. The smallest absolute Gasteiger partial charge is 0.253 e. The summed E-state index contributed by atoms with van der Waals surface area (Å²) < 4.78 is 0. The van der Waals surface area contributed by atoms with Crippen LogP contribution in [-0.2, 0) is 6.42 Å². The van der Waals surface area contributed by atoms with Crippen molar-refractivity contribution in [1.82, 2.24) is 15.2 Å². The summed E-state index contributed by atoms with van der Waals surface area (Å²) in [4.78, 5) is 29.8. The molecule has 1 fully saturated rings. The van der Waals surface area contributed by atoms with Crippen molar-refractivity contribution in [3.05, 3.63) is 71.4 Å². The number of carbonyl (C=O) groups excluding carboxylic acids is 2. The van der Waals surface area contributed by atoms with Crippen LogP contribution < -0.4 is 5.32 Å². The van der Waals surface area contributed by atoms with Gasteiger partial charge in [-0.2, -0.15) is 0 Å². The molecule has 2 N–H and O–H groups in total. The van der Waals surface area contributed by atoms with Crippen LogP contribution in [0.4, 0.5) is 0 Å². The number of benzene rings is 2. The lowest BCUT2D eigenvalue weighted by molar-refractivity contribution is 0.0792. The highest BCUT2D eigenvalue weighted by Gasteiger charge is 2.19. The topological polar surface area (TPSA) is 65.2 Å². The molecule has 138 valence electrons. The van der Waals surface area contributed by atoms with Crippen LogP contribution >= 0.6 is 0 Å². The molecule has 5 heteroatoms. The van der Waals surface area contributed by atoms with Crippen molar-refractivity contribution < 1.29 is 9.59 Å². The average Bonchev–Trinajstić information content (AvgIpc) is 3.38. The normalized spacial score (nSPS) is 13.9. The van der Waals surface area contributed by atoms with E-state index in [1.54, 1.807) is 24.3 Å².